The van der Waals surface area contributed by atoms with E-state index in [1.165, 1.54) is 11.3 Å². The summed E-state index contributed by atoms with van der Waals surface area (Å²) >= 11 is 0. The minimum Gasteiger partial charge on any atom is -0.460 e. The van der Waals surface area contributed by atoms with Gasteiger partial charge in [0.25, 0.3) is 0 Å². The van der Waals surface area contributed by atoms with Gasteiger partial charge in [0.1, 0.15) is 6.61 Å². The molecule has 4 heteroatoms. The van der Waals surface area contributed by atoms with Crippen molar-refractivity contribution in [3.05, 3.63) is 47.5 Å². The zero-order valence-corrected chi connectivity index (χ0v) is 28.1. The lowest BCUT2D eigenvalue weighted by atomic mass is 9.33. The number of benzene rings is 1. The fraction of sp³-hybridized carbons (Fsp3) is 0.718. The van der Waals surface area contributed by atoms with Crippen LogP contribution in [0.1, 0.15) is 118 Å². The molecule has 43 heavy (non-hydrogen) atoms. The van der Waals surface area contributed by atoms with Crippen molar-refractivity contribution in [2.45, 2.75) is 119 Å². The number of ketones is 1. The molecule has 5 aliphatic carbocycles. The third kappa shape index (κ3) is 4.23. The fourth-order valence-electron chi connectivity index (χ4n) is 11.7. The van der Waals surface area contributed by atoms with Crippen molar-refractivity contribution in [3.8, 4) is 0 Å². The molecule has 1 aromatic rings. The first-order chi connectivity index (χ1) is 20.2. The topological polar surface area (TPSA) is 55.7 Å². The van der Waals surface area contributed by atoms with Gasteiger partial charge in [-0.2, -0.15) is 0 Å². The van der Waals surface area contributed by atoms with Crippen LogP contribution in [0, 0.1) is 50.2 Å². The third-order valence-electron chi connectivity index (χ3n) is 14.9. The van der Waals surface area contributed by atoms with E-state index in [2.05, 4.69) is 54.5 Å². The van der Waals surface area contributed by atoms with Crippen LogP contribution in [-0.2, 0) is 20.9 Å². The van der Waals surface area contributed by atoms with Crippen LogP contribution in [0.3, 0.4) is 0 Å². The van der Waals surface area contributed by atoms with E-state index < -0.39 is 5.41 Å². The molecule has 0 aliphatic heterocycles. The van der Waals surface area contributed by atoms with Crippen molar-refractivity contribution in [1.29, 1.82) is 0 Å². The summed E-state index contributed by atoms with van der Waals surface area (Å²) in [5, 5.41) is 0. The van der Waals surface area contributed by atoms with E-state index in [0.717, 1.165) is 69.8 Å². The van der Waals surface area contributed by atoms with Gasteiger partial charge >= 0.3 is 5.97 Å². The molecule has 1 aromatic carbocycles. The Labute approximate surface area is 260 Å². The lowest BCUT2D eigenvalue weighted by Crippen LogP contribution is -2.66. The van der Waals surface area contributed by atoms with Gasteiger partial charge in [-0.25, -0.2) is 0 Å². The minimum absolute atomic E-state index is 0.0306. The molecule has 9 atom stereocenters. The summed E-state index contributed by atoms with van der Waals surface area (Å²) in [7, 11) is 1.97. The highest BCUT2D eigenvalue weighted by Gasteiger charge is 2.70. The maximum Gasteiger partial charge on any atom is 0.312 e. The summed E-state index contributed by atoms with van der Waals surface area (Å²) in [6.45, 7) is 17.1. The van der Waals surface area contributed by atoms with Gasteiger partial charge in [-0.3, -0.25) is 14.6 Å². The summed E-state index contributed by atoms with van der Waals surface area (Å²) in [6.07, 6.45) is 12.4. The summed E-state index contributed by atoms with van der Waals surface area (Å²) in [5.74, 6) is 1.02. The molecular formula is C39H55NO3. The van der Waals surface area contributed by atoms with Crippen molar-refractivity contribution < 1.29 is 14.3 Å². The molecule has 0 heterocycles. The molecule has 0 bridgehead atoms. The highest BCUT2D eigenvalue weighted by Crippen LogP contribution is 2.75. The zero-order valence-electron chi connectivity index (χ0n) is 28.1. The number of ether oxygens (including phenoxy) is 1. The highest BCUT2D eigenvalue weighted by molar-refractivity contribution is 5.97. The van der Waals surface area contributed by atoms with E-state index in [-0.39, 0.29) is 44.9 Å². The van der Waals surface area contributed by atoms with Crippen molar-refractivity contribution in [1.82, 2.24) is 0 Å². The monoisotopic (exact) mass is 585 g/mol. The number of aliphatic imine (C=N–C) groups is 1. The molecule has 0 saturated heterocycles. The van der Waals surface area contributed by atoms with Gasteiger partial charge in [0.05, 0.1) is 5.41 Å². The van der Waals surface area contributed by atoms with Crippen LogP contribution in [0.2, 0.25) is 0 Å². The lowest BCUT2D eigenvalue weighted by Gasteiger charge is -2.70. The highest BCUT2D eigenvalue weighted by atomic mass is 16.5. The lowest BCUT2D eigenvalue weighted by molar-refractivity contribution is -0.178. The second kappa shape index (κ2) is 10.1. The van der Waals surface area contributed by atoms with E-state index >= 15 is 0 Å². The molecule has 6 rings (SSSR count). The van der Waals surface area contributed by atoms with Crippen LogP contribution >= 0.6 is 0 Å². The molecule has 0 amide bonds. The Morgan fingerprint density at radius 3 is 2.33 bits per heavy atom. The molecule has 4 nitrogen and oxygen atoms in total. The van der Waals surface area contributed by atoms with E-state index in [9.17, 15) is 9.59 Å². The van der Waals surface area contributed by atoms with Crippen molar-refractivity contribution in [3.63, 3.8) is 0 Å². The Morgan fingerprint density at radius 2 is 1.65 bits per heavy atom. The van der Waals surface area contributed by atoms with E-state index in [0.29, 0.717) is 18.3 Å². The Morgan fingerprint density at radius 1 is 0.953 bits per heavy atom. The average molecular weight is 586 g/mol. The summed E-state index contributed by atoms with van der Waals surface area (Å²) in [4.78, 5) is 33.2. The largest absolute Gasteiger partial charge is 0.460 e. The van der Waals surface area contributed by atoms with E-state index in [1.54, 1.807) is 0 Å². The molecule has 234 valence electrons. The molecule has 5 aliphatic rings. The Kier molecular flexibility index (Phi) is 7.26. The maximum absolute atomic E-state index is 14.7. The molecule has 0 unspecified atom stereocenters. The van der Waals surface area contributed by atoms with Crippen molar-refractivity contribution in [2.75, 3.05) is 7.05 Å². The molecule has 0 N–H and O–H groups in total. The zero-order chi connectivity index (χ0) is 31.1. The van der Waals surface area contributed by atoms with E-state index in [4.69, 9.17) is 9.73 Å². The first-order valence-electron chi connectivity index (χ1n) is 17.1. The fourth-order valence-corrected chi connectivity index (χ4v) is 11.7. The smallest absolute Gasteiger partial charge is 0.312 e. The van der Waals surface area contributed by atoms with Gasteiger partial charge in [-0.15, -0.1) is 0 Å². The summed E-state index contributed by atoms with van der Waals surface area (Å²) < 4.78 is 5.96. The quantitative estimate of drug-likeness (QED) is 0.331. The molecule has 4 fully saturated rings. The predicted octanol–water partition coefficient (Wildman–Crippen LogP) is 9.17. The van der Waals surface area contributed by atoms with Gasteiger partial charge in [0.2, 0.25) is 0 Å². The number of allylic oxidation sites excluding steroid dienone is 2. The second-order valence-corrected chi connectivity index (χ2v) is 16.8. The molecule has 0 aromatic heterocycles. The third-order valence-corrected chi connectivity index (χ3v) is 14.9. The van der Waals surface area contributed by atoms with Crippen LogP contribution < -0.4 is 0 Å². The number of nitrogens with zero attached hydrogens (tertiary/aromatic N) is 1. The van der Waals surface area contributed by atoms with Crippen molar-refractivity contribution in [2.24, 2.45) is 55.2 Å². The number of esters is 1. The number of hydrogen-bond acceptors (Lipinski definition) is 4. The molecular weight excluding hydrogens is 530 g/mol. The number of carbonyl (C=O) groups excluding carboxylic acids is 2. The van der Waals surface area contributed by atoms with Crippen LogP contribution in [0.5, 0.6) is 0 Å². The van der Waals surface area contributed by atoms with Crippen LogP contribution in [0.15, 0.2) is 47.0 Å². The van der Waals surface area contributed by atoms with Gasteiger partial charge in [0.15, 0.2) is 5.78 Å². The first-order valence-corrected chi connectivity index (χ1v) is 17.1. The van der Waals surface area contributed by atoms with Gasteiger partial charge < -0.3 is 4.74 Å². The summed E-state index contributed by atoms with van der Waals surface area (Å²) in [5.41, 5.74) is 3.22. The van der Waals surface area contributed by atoms with Gasteiger partial charge in [0, 0.05) is 24.1 Å². The molecule has 0 radical (unpaired) electrons. The van der Waals surface area contributed by atoms with Crippen LogP contribution in [0.25, 0.3) is 0 Å². The minimum atomic E-state index is -0.537. The summed E-state index contributed by atoms with van der Waals surface area (Å²) in [6, 6.07) is 9.98. The van der Waals surface area contributed by atoms with Crippen molar-refractivity contribution >= 4 is 17.5 Å². The second-order valence-electron chi connectivity index (χ2n) is 16.8. The van der Waals surface area contributed by atoms with Crippen LogP contribution in [-0.4, -0.2) is 24.5 Å². The number of rotatable bonds is 4. The van der Waals surface area contributed by atoms with Gasteiger partial charge in [-0.05, 0) is 116 Å². The molecule has 4 saturated carbocycles. The number of carbonyl (C=O) groups is 2. The maximum atomic E-state index is 14.7. The normalized spacial score (nSPS) is 46.6. The predicted molar refractivity (Wildman–Crippen MR) is 174 cm³/mol. The number of fused-ring (bicyclic) bond motifs is 7. The SMILES string of the molecule is CC[C@]1(C)C(=NC)CC[C@@]2(C)[C@H]1CC[C@]1(C)[C@@H]2C(=O)C=C2[C@@H]3C[C@@](C)(C(=O)OCc4ccccc4)CC[C@]3(C)CC[C@]21C. The molecule has 0 spiro atoms. The Balaban J connectivity index is 1.35. The van der Waals surface area contributed by atoms with Gasteiger partial charge in [-0.1, -0.05) is 77.4 Å². The standard InChI is InChI=1S/C39H55NO3/c1-9-36(4)30-15-18-39(7)32(37(30,5)17-16-31(36)40-8)29(41)23-27-28-24-35(3,20-19-34(28,2)21-22-38(27,39)6)33(42)43-25-26-13-11-10-12-14-26/h10-14,23,28,30,32H,9,15-22,24-25H2,1-8H3/t28-,30-,32+,34+,35-,36-,37-,38+,39+/m0/s1. The number of hydrogen-bond donors (Lipinski definition) is 0. The first kappa shape index (κ1) is 30.8. The average Bonchev–Trinajstić information content (AvgIpc) is 2.98. The Bertz CT molecular complexity index is 1360. The van der Waals surface area contributed by atoms with Crippen LogP contribution in [0.4, 0.5) is 0 Å². The Hall–Kier alpha value is -2.23. The van der Waals surface area contributed by atoms with E-state index in [1.807, 2.05) is 37.4 Å².